The maximum absolute atomic E-state index is 9.48. The maximum Gasteiger partial charge on any atom is 0.0689 e. The Balaban J connectivity index is 2.23. The quantitative estimate of drug-likeness (QED) is 0.583. The summed E-state index contributed by atoms with van der Waals surface area (Å²) in [6.45, 7) is 4.55. The van der Waals surface area contributed by atoms with Crippen molar-refractivity contribution in [2.24, 2.45) is 23.2 Å². The molecule has 1 nitrogen and oxygen atoms in total. The van der Waals surface area contributed by atoms with E-state index in [1.54, 1.807) is 0 Å². The topological polar surface area (TPSA) is 23.8 Å². The summed E-state index contributed by atoms with van der Waals surface area (Å²) < 4.78 is 0. The van der Waals surface area contributed by atoms with Gasteiger partial charge in [0, 0.05) is 0 Å². The van der Waals surface area contributed by atoms with E-state index in [1.165, 1.54) is 38.5 Å². The SMILES string of the molecule is CC1CCC2CCCCC2C(C)(C#N)C1. The average molecular weight is 205 g/mol. The van der Waals surface area contributed by atoms with Gasteiger partial charge < -0.3 is 0 Å². The van der Waals surface area contributed by atoms with Gasteiger partial charge in [-0.3, -0.25) is 0 Å². The molecule has 0 aromatic rings. The van der Waals surface area contributed by atoms with Crippen LogP contribution in [0.2, 0.25) is 0 Å². The normalized spacial score (nSPS) is 46.3. The first-order chi connectivity index (χ1) is 7.15. The van der Waals surface area contributed by atoms with E-state index in [-0.39, 0.29) is 5.41 Å². The van der Waals surface area contributed by atoms with Gasteiger partial charge in [-0.2, -0.15) is 5.26 Å². The van der Waals surface area contributed by atoms with Gasteiger partial charge >= 0.3 is 0 Å². The number of fused-ring (bicyclic) bond motifs is 1. The van der Waals surface area contributed by atoms with Gasteiger partial charge in [-0.1, -0.05) is 32.6 Å². The van der Waals surface area contributed by atoms with Crippen LogP contribution in [0.25, 0.3) is 0 Å². The van der Waals surface area contributed by atoms with E-state index in [2.05, 4.69) is 19.9 Å². The number of nitriles is 1. The van der Waals surface area contributed by atoms with E-state index in [9.17, 15) is 5.26 Å². The number of rotatable bonds is 0. The molecule has 0 aliphatic heterocycles. The van der Waals surface area contributed by atoms with Gasteiger partial charge in [0.2, 0.25) is 0 Å². The molecule has 2 fully saturated rings. The fourth-order valence-electron chi connectivity index (χ4n) is 4.00. The Kier molecular flexibility index (Phi) is 3.05. The highest BCUT2D eigenvalue weighted by Gasteiger charge is 2.43. The zero-order valence-electron chi connectivity index (χ0n) is 10.1. The highest BCUT2D eigenvalue weighted by Crippen LogP contribution is 2.50. The molecule has 0 N–H and O–H groups in total. The van der Waals surface area contributed by atoms with E-state index < -0.39 is 0 Å². The van der Waals surface area contributed by atoms with Gasteiger partial charge in [0.1, 0.15) is 0 Å². The third-order valence-electron chi connectivity index (χ3n) is 4.79. The van der Waals surface area contributed by atoms with E-state index in [1.807, 2.05) is 0 Å². The van der Waals surface area contributed by atoms with Crippen LogP contribution in [0.15, 0.2) is 0 Å². The van der Waals surface area contributed by atoms with E-state index in [4.69, 9.17) is 0 Å². The van der Waals surface area contributed by atoms with Crippen LogP contribution in [0, 0.1) is 34.5 Å². The molecule has 0 saturated heterocycles. The Morgan fingerprint density at radius 2 is 1.87 bits per heavy atom. The van der Waals surface area contributed by atoms with Crippen molar-refractivity contribution in [2.45, 2.75) is 58.8 Å². The fraction of sp³-hybridized carbons (Fsp3) is 0.929. The van der Waals surface area contributed by atoms with Gasteiger partial charge in [0.25, 0.3) is 0 Å². The van der Waals surface area contributed by atoms with E-state index >= 15 is 0 Å². The van der Waals surface area contributed by atoms with Crippen LogP contribution in [0.3, 0.4) is 0 Å². The van der Waals surface area contributed by atoms with Crippen molar-refractivity contribution in [3.8, 4) is 6.07 Å². The van der Waals surface area contributed by atoms with Crippen molar-refractivity contribution in [3.63, 3.8) is 0 Å². The molecule has 2 aliphatic carbocycles. The number of nitrogens with zero attached hydrogens (tertiary/aromatic N) is 1. The molecular formula is C14H23N. The monoisotopic (exact) mass is 205 g/mol. The molecule has 2 aliphatic rings. The molecule has 4 unspecified atom stereocenters. The fourth-order valence-corrected chi connectivity index (χ4v) is 4.00. The minimum atomic E-state index is -0.0268. The molecular weight excluding hydrogens is 182 g/mol. The lowest BCUT2D eigenvalue weighted by Crippen LogP contribution is -2.33. The van der Waals surface area contributed by atoms with E-state index in [0.717, 1.165) is 18.3 Å². The van der Waals surface area contributed by atoms with Crippen LogP contribution in [0.5, 0.6) is 0 Å². The molecule has 15 heavy (non-hydrogen) atoms. The number of hydrogen-bond acceptors (Lipinski definition) is 1. The predicted octanol–water partition coefficient (Wildman–Crippen LogP) is 4.14. The molecule has 0 bridgehead atoms. The highest BCUT2D eigenvalue weighted by molar-refractivity contribution is 5.04. The standard InChI is InChI=1S/C14H23N/c1-11-7-8-12-5-3-4-6-13(12)14(2,9-11)10-15/h11-13H,3-9H2,1-2H3. The van der Waals surface area contributed by atoms with Crippen molar-refractivity contribution < 1.29 is 0 Å². The van der Waals surface area contributed by atoms with Crippen molar-refractivity contribution >= 4 is 0 Å². The Hall–Kier alpha value is -0.510. The predicted molar refractivity (Wildman–Crippen MR) is 62.2 cm³/mol. The first-order valence-electron chi connectivity index (χ1n) is 6.57. The Morgan fingerprint density at radius 3 is 2.60 bits per heavy atom. The molecule has 1 heteroatoms. The smallest absolute Gasteiger partial charge is 0.0689 e. The highest BCUT2D eigenvalue weighted by atomic mass is 14.5. The summed E-state index contributed by atoms with van der Waals surface area (Å²) in [5.41, 5.74) is -0.0268. The summed E-state index contributed by atoms with van der Waals surface area (Å²) in [5.74, 6) is 2.30. The van der Waals surface area contributed by atoms with Gasteiger partial charge in [0.05, 0.1) is 11.5 Å². The van der Waals surface area contributed by atoms with Gasteiger partial charge in [-0.25, -0.2) is 0 Å². The molecule has 0 radical (unpaired) electrons. The Morgan fingerprint density at radius 1 is 1.13 bits per heavy atom. The molecule has 4 atom stereocenters. The van der Waals surface area contributed by atoms with Crippen molar-refractivity contribution in [2.75, 3.05) is 0 Å². The maximum atomic E-state index is 9.48. The molecule has 0 amide bonds. The first kappa shape index (κ1) is 11.0. The third kappa shape index (κ3) is 2.05. The second-order valence-corrected chi connectivity index (χ2v) is 6.07. The van der Waals surface area contributed by atoms with Crippen molar-refractivity contribution in [1.29, 1.82) is 5.26 Å². The Bertz CT molecular complexity index is 265. The average Bonchev–Trinajstić information content (AvgIpc) is 2.38. The zero-order valence-corrected chi connectivity index (χ0v) is 10.1. The van der Waals surface area contributed by atoms with Crippen LogP contribution >= 0.6 is 0 Å². The molecule has 84 valence electrons. The minimum absolute atomic E-state index is 0.0268. The summed E-state index contributed by atoms with van der Waals surface area (Å²) in [7, 11) is 0. The van der Waals surface area contributed by atoms with E-state index in [0.29, 0.717) is 5.92 Å². The van der Waals surface area contributed by atoms with Crippen LogP contribution in [0.1, 0.15) is 58.8 Å². The van der Waals surface area contributed by atoms with Crippen LogP contribution in [-0.4, -0.2) is 0 Å². The summed E-state index contributed by atoms with van der Waals surface area (Å²) in [4.78, 5) is 0. The van der Waals surface area contributed by atoms with Crippen LogP contribution in [0.4, 0.5) is 0 Å². The molecule has 0 aromatic heterocycles. The van der Waals surface area contributed by atoms with Crippen molar-refractivity contribution in [1.82, 2.24) is 0 Å². The molecule has 2 rings (SSSR count). The lowest BCUT2D eigenvalue weighted by Gasteiger charge is -2.39. The first-order valence-corrected chi connectivity index (χ1v) is 6.57. The zero-order chi connectivity index (χ0) is 10.9. The van der Waals surface area contributed by atoms with Gasteiger partial charge in [0.15, 0.2) is 0 Å². The van der Waals surface area contributed by atoms with Crippen LogP contribution < -0.4 is 0 Å². The molecule has 2 saturated carbocycles. The Labute approximate surface area is 93.9 Å². The van der Waals surface area contributed by atoms with Gasteiger partial charge in [-0.05, 0) is 43.9 Å². The second kappa shape index (κ2) is 4.16. The minimum Gasteiger partial charge on any atom is -0.198 e. The summed E-state index contributed by atoms with van der Waals surface area (Å²) in [6.07, 6.45) is 9.30. The largest absolute Gasteiger partial charge is 0.198 e. The van der Waals surface area contributed by atoms with Crippen LogP contribution in [-0.2, 0) is 0 Å². The number of hydrogen-bond donors (Lipinski definition) is 0. The summed E-state index contributed by atoms with van der Waals surface area (Å²) in [6, 6.07) is 2.65. The second-order valence-electron chi connectivity index (χ2n) is 6.07. The lowest BCUT2D eigenvalue weighted by atomic mass is 9.64. The molecule has 0 aromatic carbocycles. The lowest BCUT2D eigenvalue weighted by molar-refractivity contribution is 0.122. The van der Waals surface area contributed by atoms with Gasteiger partial charge in [-0.15, -0.1) is 0 Å². The summed E-state index contributed by atoms with van der Waals surface area (Å²) >= 11 is 0. The molecule has 0 spiro atoms. The van der Waals surface area contributed by atoms with Crippen molar-refractivity contribution in [3.05, 3.63) is 0 Å². The summed E-state index contributed by atoms with van der Waals surface area (Å²) in [5, 5.41) is 9.48. The third-order valence-corrected chi connectivity index (χ3v) is 4.79. The molecule has 0 heterocycles.